The first-order chi connectivity index (χ1) is 14.6. The molecule has 1 N–H and O–H groups in total. The highest BCUT2D eigenvalue weighted by Crippen LogP contribution is 2.25. The Morgan fingerprint density at radius 1 is 1.00 bits per heavy atom. The molecule has 0 saturated carbocycles. The van der Waals surface area contributed by atoms with Gasteiger partial charge in [-0.1, -0.05) is 0 Å². The van der Waals surface area contributed by atoms with E-state index in [2.05, 4.69) is 9.64 Å². The number of amides is 1. The number of carbonyl (C=O) groups is 1. The van der Waals surface area contributed by atoms with Gasteiger partial charge in [-0.25, -0.2) is 4.21 Å². The minimum Gasteiger partial charge on any atom is -0.481 e. The molecular formula is C20H21F3N2O5S. The Morgan fingerprint density at radius 2 is 1.55 bits per heavy atom. The van der Waals surface area contributed by atoms with Crippen LogP contribution in [-0.4, -0.2) is 58.2 Å². The Labute approximate surface area is 179 Å². The van der Waals surface area contributed by atoms with Gasteiger partial charge in [0.15, 0.2) is 17.2 Å². The number of carbonyl (C=O) groups excluding carboxylic acids is 1. The van der Waals surface area contributed by atoms with E-state index < -0.39 is 23.5 Å². The van der Waals surface area contributed by atoms with Crippen LogP contribution in [-0.2, 0) is 15.9 Å². The van der Waals surface area contributed by atoms with Crippen molar-refractivity contribution in [1.82, 2.24) is 4.90 Å². The van der Waals surface area contributed by atoms with Crippen molar-refractivity contribution < 1.29 is 36.2 Å². The summed E-state index contributed by atoms with van der Waals surface area (Å²) in [7, 11) is 0. The van der Waals surface area contributed by atoms with Gasteiger partial charge in [-0.3, -0.25) is 4.79 Å². The first-order valence-electron chi connectivity index (χ1n) is 9.39. The topological polar surface area (TPSA) is 79.3 Å². The number of nitrogens with zero attached hydrogens (tertiary/aromatic N) is 2. The van der Waals surface area contributed by atoms with Gasteiger partial charge in [-0.2, -0.15) is 0 Å². The van der Waals surface area contributed by atoms with Crippen molar-refractivity contribution in [3.05, 3.63) is 48.5 Å². The van der Waals surface area contributed by atoms with Gasteiger partial charge in [-0.15, -0.1) is 13.2 Å². The van der Waals surface area contributed by atoms with Crippen molar-refractivity contribution in [2.75, 3.05) is 31.1 Å². The van der Waals surface area contributed by atoms with Crippen LogP contribution in [0, 0.1) is 0 Å². The van der Waals surface area contributed by atoms with Gasteiger partial charge in [0.1, 0.15) is 11.5 Å². The molecule has 0 radical (unpaired) electrons. The van der Waals surface area contributed by atoms with E-state index >= 15 is 0 Å². The molecule has 1 saturated heterocycles. The predicted molar refractivity (Wildman–Crippen MR) is 107 cm³/mol. The van der Waals surface area contributed by atoms with E-state index in [9.17, 15) is 22.2 Å². The smallest absolute Gasteiger partial charge is 0.481 e. The number of anilines is 1. The third kappa shape index (κ3) is 6.34. The minimum atomic E-state index is -4.77. The fourth-order valence-corrected chi connectivity index (χ4v) is 3.56. The maximum absolute atomic E-state index is 12.7. The molecule has 0 bridgehead atoms. The lowest BCUT2D eigenvalue weighted by atomic mass is 10.2. The van der Waals surface area contributed by atoms with Gasteiger partial charge in [0.2, 0.25) is 0 Å². The molecule has 1 heterocycles. The Hall–Kier alpha value is -2.79. The van der Waals surface area contributed by atoms with Crippen molar-refractivity contribution in [3.8, 4) is 11.5 Å². The van der Waals surface area contributed by atoms with E-state index in [0.717, 1.165) is 17.8 Å². The average Bonchev–Trinajstić information content (AvgIpc) is 2.74. The zero-order chi connectivity index (χ0) is 22.6. The highest BCUT2D eigenvalue weighted by atomic mass is 32.2. The fraction of sp³-hybridized carbons (Fsp3) is 0.350. The lowest BCUT2D eigenvalue weighted by Crippen LogP contribution is -2.52. The van der Waals surface area contributed by atoms with Crippen LogP contribution >= 0.6 is 0 Å². The Kier molecular flexibility index (Phi) is 7.06. The molecule has 0 spiro atoms. The second-order valence-electron chi connectivity index (χ2n) is 6.83. The van der Waals surface area contributed by atoms with E-state index in [1.54, 1.807) is 36.1 Å². The van der Waals surface area contributed by atoms with Crippen LogP contribution in [0.4, 0.5) is 18.9 Å². The molecule has 2 unspecified atom stereocenters. The number of rotatable bonds is 6. The lowest BCUT2D eigenvalue weighted by Gasteiger charge is -2.37. The highest BCUT2D eigenvalue weighted by Gasteiger charge is 2.31. The number of alkyl halides is 3. The lowest BCUT2D eigenvalue weighted by molar-refractivity contribution is -0.274. The summed E-state index contributed by atoms with van der Waals surface area (Å²) in [5, 5.41) is 0. The van der Waals surface area contributed by atoms with Gasteiger partial charge in [0.05, 0.1) is 4.90 Å². The molecular weight excluding hydrogens is 437 g/mol. The van der Waals surface area contributed by atoms with Crippen LogP contribution < -0.4 is 14.4 Å². The molecule has 11 heteroatoms. The van der Waals surface area contributed by atoms with Gasteiger partial charge in [0.25, 0.3) is 5.91 Å². The number of hydrogen-bond acceptors (Lipinski definition) is 5. The molecule has 0 aromatic heterocycles. The molecule has 2 aromatic carbocycles. The molecule has 168 valence electrons. The molecule has 1 aliphatic rings. The maximum atomic E-state index is 12.7. The zero-order valence-electron chi connectivity index (χ0n) is 16.5. The van der Waals surface area contributed by atoms with Gasteiger partial charge in [-0.05, 0) is 55.5 Å². The fourth-order valence-electron chi connectivity index (χ4n) is 3.19. The maximum Gasteiger partial charge on any atom is 0.573 e. The summed E-state index contributed by atoms with van der Waals surface area (Å²) in [6.45, 7) is 3.70. The van der Waals surface area contributed by atoms with Crippen LogP contribution in [0.5, 0.6) is 11.5 Å². The second kappa shape index (κ2) is 9.56. The number of halogens is 3. The van der Waals surface area contributed by atoms with Crippen molar-refractivity contribution in [2.24, 2.45) is 0 Å². The first-order valence-corrected chi connectivity index (χ1v) is 10.5. The molecule has 1 aliphatic heterocycles. The second-order valence-corrected chi connectivity index (χ2v) is 7.80. The molecule has 3 rings (SSSR count). The number of hydrogen-bond donors (Lipinski definition) is 1. The summed E-state index contributed by atoms with van der Waals surface area (Å²) in [4.78, 5) is 16.7. The average molecular weight is 458 g/mol. The van der Waals surface area contributed by atoms with E-state index in [4.69, 9.17) is 9.29 Å². The molecule has 31 heavy (non-hydrogen) atoms. The van der Waals surface area contributed by atoms with E-state index in [1.807, 2.05) is 0 Å². The van der Waals surface area contributed by atoms with Crippen molar-refractivity contribution in [1.29, 1.82) is 0 Å². The minimum absolute atomic E-state index is 0.221. The van der Waals surface area contributed by atoms with Gasteiger partial charge >= 0.3 is 6.36 Å². The summed E-state index contributed by atoms with van der Waals surface area (Å²) >= 11 is -2.02. The van der Waals surface area contributed by atoms with E-state index in [0.29, 0.717) is 31.1 Å². The Balaban J connectivity index is 1.51. The van der Waals surface area contributed by atoms with E-state index in [-0.39, 0.29) is 17.4 Å². The Bertz CT molecular complexity index is 914. The standard InChI is InChI=1S/C20H21F3N2O5S/c1-14(29-16-4-6-17(7-5-16)30-20(21,22)23)19(26)25-12-10-24(11-13-25)15-2-8-18(9-3-15)31(27)28/h2-9,14H,10-13H2,1H3,(H,27,28). The normalized spacial score (nSPS) is 16.5. The van der Waals surface area contributed by atoms with Crippen LogP contribution in [0.25, 0.3) is 0 Å². The third-order valence-electron chi connectivity index (χ3n) is 4.71. The van der Waals surface area contributed by atoms with Gasteiger partial charge in [0, 0.05) is 31.9 Å². The number of benzene rings is 2. The first kappa shape index (κ1) is 22.9. The summed E-state index contributed by atoms with van der Waals surface area (Å²) in [5.41, 5.74) is 0.895. The van der Waals surface area contributed by atoms with E-state index in [1.165, 1.54) is 12.1 Å². The molecule has 1 fully saturated rings. The van der Waals surface area contributed by atoms with Crippen molar-refractivity contribution in [3.63, 3.8) is 0 Å². The predicted octanol–water partition coefficient (Wildman–Crippen LogP) is 3.28. The van der Waals surface area contributed by atoms with Crippen LogP contribution in [0.3, 0.4) is 0 Å². The highest BCUT2D eigenvalue weighted by molar-refractivity contribution is 7.79. The van der Waals surface area contributed by atoms with Crippen LogP contribution in [0.15, 0.2) is 53.4 Å². The summed E-state index contributed by atoms with van der Waals surface area (Å²) < 4.78 is 66.2. The molecule has 1 amide bonds. The molecule has 7 nitrogen and oxygen atoms in total. The quantitative estimate of drug-likeness (QED) is 0.670. The van der Waals surface area contributed by atoms with Gasteiger partial charge < -0.3 is 23.8 Å². The summed E-state index contributed by atoms with van der Waals surface area (Å²) in [6, 6.07) is 11.6. The van der Waals surface area contributed by atoms with Crippen LogP contribution in [0.1, 0.15) is 6.92 Å². The third-order valence-corrected chi connectivity index (χ3v) is 5.39. The monoisotopic (exact) mass is 458 g/mol. The Morgan fingerprint density at radius 3 is 2.06 bits per heavy atom. The van der Waals surface area contributed by atoms with Crippen molar-refractivity contribution >= 4 is 22.7 Å². The van der Waals surface area contributed by atoms with Crippen molar-refractivity contribution in [2.45, 2.75) is 24.3 Å². The zero-order valence-corrected chi connectivity index (χ0v) is 17.4. The largest absolute Gasteiger partial charge is 0.573 e. The molecule has 2 atom stereocenters. The van der Waals surface area contributed by atoms with Crippen LogP contribution in [0.2, 0.25) is 0 Å². The summed E-state index contributed by atoms with van der Waals surface area (Å²) in [5.74, 6) is -0.329. The molecule has 2 aromatic rings. The molecule has 0 aliphatic carbocycles. The number of piperazine rings is 1. The SMILES string of the molecule is CC(Oc1ccc(OC(F)(F)F)cc1)C(=O)N1CCN(c2ccc(S(=O)O)cc2)CC1. The summed E-state index contributed by atoms with van der Waals surface area (Å²) in [6.07, 6.45) is -5.58. The number of ether oxygens (including phenoxy) is 2.